The molecular formula is C12H13F6IOSi. The van der Waals surface area contributed by atoms with Crippen LogP contribution in [0.1, 0.15) is 5.56 Å². The molecule has 0 aliphatic carbocycles. The van der Waals surface area contributed by atoms with Gasteiger partial charge in [-0.3, -0.25) is 0 Å². The molecule has 0 aliphatic rings. The third-order valence-electron chi connectivity index (χ3n) is 2.51. The normalized spacial score (nSPS) is 14.4. The van der Waals surface area contributed by atoms with E-state index in [0.29, 0.717) is 3.57 Å². The summed E-state index contributed by atoms with van der Waals surface area (Å²) in [5, 5.41) is 0. The SMILES string of the molecule is C[Si](C)(C)OC(c1ccc(I)cc1)(C(F)(F)F)C(F)(F)F. The van der Waals surface area contributed by atoms with Crippen molar-refractivity contribution in [3.63, 3.8) is 0 Å². The third kappa shape index (κ3) is 3.92. The maximum Gasteiger partial charge on any atom is 0.429 e. The van der Waals surface area contributed by atoms with Crippen LogP contribution in [0.3, 0.4) is 0 Å². The first-order chi connectivity index (χ1) is 9.21. The van der Waals surface area contributed by atoms with Crippen LogP contribution in [0.25, 0.3) is 0 Å². The molecule has 0 aliphatic heterocycles. The number of benzene rings is 1. The Morgan fingerprint density at radius 2 is 1.24 bits per heavy atom. The van der Waals surface area contributed by atoms with E-state index in [1.807, 2.05) is 0 Å². The number of halogens is 7. The fraction of sp³-hybridized carbons (Fsp3) is 0.500. The van der Waals surface area contributed by atoms with Crippen molar-refractivity contribution in [1.29, 1.82) is 0 Å². The molecule has 0 bridgehead atoms. The van der Waals surface area contributed by atoms with Gasteiger partial charge in [0.25, 0.3) is 5.60 Å². The molecular weight excluding hydrogens is 429 g/mol. The summed E-state index contributed by atoms with van der Waals surface area (Å²) in [4.78, 5) is 0. The summed E-state index contributed by atoms with van der Waals surface area (Å²) >= 11 is 1.80. The minimum Gasteiger partial charge on any atom is -0.394 e. The predicted octanol–water partition coefficient (Wildman–Crippen LogP) is 5.46. The lowest BCUT2D eigenvalue weighted by molar-refractivity contribution is -0.368. The summed E-state index contributed by atoms with van der Waals surface area (Å²) in [5.41, 5.74) is -5.25. The van der Waals surface area contributed by atoms with Crippen LogP contribution < -0.4 is 0 Å². The van der Waals surface area contributed by atoms with Crippen molar-refractivity contribution in [1.82, 2.24) is 0 Å². The molecule has 0 atom stereocenters. The first-order valence-electron chi connectivity index (χ1n) is 5.80. The first-order valence-corrected chi connectivity index (χ1v) is 10.3. The van der Waals surface area contributed by atoms with E-state index in [1.54, 1.807) is 22.6 Å². The Labute approximate surface area is 132 Å². The topological polar surface area (TPSA) is 9.23 Å². The molecule has 0 amide bonds. The van der Waals surface area contributed by atoms with Gasteiger partial charge in [-0.15, -0.1) is 0 Å². The summed E-state index contributed by atoms with van der Waals surface area (Å²) < 4.78 is 85.4. The van der Waals surface area contributed by atoms with Gasteiger partial charge in [-0.2, -0.15) is 26.3 Å². The van der Waals surface area contributed by atoms with Crippen LogP contribution >= 0.6 is 22.6 Å². The lowest BCUT2D eigenvalue weighted by Gasteiger charge is -2.41. The average molecular weight is 442 g/mol. The highest BCUT2D eigenvalue weighted by molar-refractivity contribution is 14.1. The highest BCUT2D eigenvalue weighted by Gasteiger charge is 2.74. The molecule has 1 rings (SSSR count). The van der Waals surface area contributed by atoms with E-state index in [4.69, 9.17) is 0 Å². The van der Waals surface area contributed by atoms with E-state index in [-0.39, 0.29) is 0 Å². The van der Waals surface area contributed by atoms with Gasteiger partial charge in [0.05, 0.1) is 0 Å². The zero-order chi connectivity index (χ0) is 16.7. The van der Waals surface area contributed by atoms with Gasteiger partial charge in [0.15, 0.2) is 8.32 Å². The van der Waals surface area contributed by atoms with Crippen molar-refractivity contribution in [2.75, 3.05) is 0 Å². The maximum atomic E-state index is 13.4. The molecule has 120 valence electrons. The Hall–Kier alpha value is -0.293. The molecule has 0 spiro atoms. The number of hydrogen-bond donors (Lipinski definition) is 0. The van der Waals surface area contributed by atoms with E-state index in [9.17, 15) is 26.3 Å². The van der Waals surface area contributed by atoms with Crippen LogP contribution in [0.2, 0.25) is 19.6 Å². The fourth-order valence-electron chi connectivity index (χ4n) is 1.81. The van der Waals surface area contributed by atoms with Gasteiger partial charge in [0.2, 0.25) is 0 Å². The van der Waals surface area contributed by atoms with Crippen molar-refractivity contribution in [3.8, 4) is 0 Å². The molecule has 21 heavy (non-hydrogen) atoms. The molecule has 1 aromatic rings. The molecule has 0 aromatic heterocycles. The Kier molecular flexibility index (Phi) is 5.11. The number of rotatable bonds is 3. The monoisotopic (exact) mass is 442 g/mol. The Morgan fingerprint density at radius 3 is 1.52 bits per heavy atom. The number of hydrogen-bond acceptors (Lipinski definition) is 1. The van der Waals surface area contributed by atoms with Gasteiger partial charge in [-0.1, -0.05) is 12.1 Å². The molecule has 0 radical (unpaired) electrons. The largest absolute Gasteiger partial charge is 0.429 e. The van der Waals surface area contributed by atoms with Crippen molar-refractivity contribution >= 4 is 30.9 Å². The van der Waals surface area contributed by atoms with Gasteiger partial charge in [0.1, 0.15) is 0 Å². The van der Waals surface area contributed by atoms with Crippen LogP contribution in [0, 0.1) is 3.57 Å². The third-order valence-corrected chi connectivity index (χ3v) is 4.15. The summed E-state index contributed by atoms with van der Waals surface area (Å²) in [7, 11) is -3.15. The molecule has 0 N–H and O–H groups in total. The van der Waals surface area contributed by atoms with Gasteiger partial charge >= 0.3 is 12.4 Å². The second-order valence-corrected chi connectivity index (χ2v) is 11.1. The van der Waals surface area contributed by atoms with Gasteiger partial charge in [-0.05, 0) is 54.4 Å². The molecule has 9 heteroatoms. The van der Waals surface area contributed by atoms with Crippen molar-refractivity contribution in [2.24, 2.45) is 0 Å². The molecule has 0 unspecified atom stereocenters. The average Bonchev–Trinajstić information content (AvgIpc) is 2.22. The standard InChI is InChI=1S/C12H13F6IOSi/c1-21(2,3)20-10(11(13,14)15,12(16,17)18)8-4-6-9(19)7-5-8/h4-7H,1-3H3. The van der Waals surface area contributed by atoms with Crippen molar-refractivity contribution < 1.29 is 30.8 Å². The zero-order valence-electron chi connectivity index (χ0n) is 11.4. The minimum absolute atomic E-state index is 0.530. The Balaban J connectivity index is 3.63. The second-order valence-electron chi connectivity index (χ2n) is 5.40. The van der Waals surface area contributed by atoms with Gasteiger partial charge < -0.3 is 4.43 Å². The fourth-order valence-corrected chi connectivity index (χ4v) is 3.43. The summed E-state index contributed by atoms with van der Waals surface area (Å²) in [5.74, 6) is 0. The Morgan fingerprint density at radius 1 is 0.857 bits per heavy atom. The lowest BCUT2D eigenvalue weighted by Crippen LogP contribution is -2.59. The van der Waals surface area contributed by atoms with Crippen LogP contribution in [0.4, 0.5) is 26.3 Å². The van der Waals surface area contributed by atoms with Crippen LogP contribution in [-0.2, 0) is 10.0 Å². The van der Waals surface area contributed by atoms with E-state index < -0.39 is 31.8 Å². The zero-order valence-corrected chi connectivity index (χ0v) is 14.5. The van der Waals surface area contributed by atoms with E-state index in [1.165, 1.54) is 31.8 Å². The first kappa shape index (κ1) is 18.8. The molecule has 0 saturated carbocycles. The smallest absolute Gasteiger partial charge is 0.394 e. The van der Waals surface area contributed by atoms with Gasteiger partial charge in [0, 0.05) is 9.13 Å². The lowest BCUT2D eigenvalue weighted by atomic mass is 9.92. The van der Waals surface area contributed by atoms with Crippen LogP contribution in [0.5, 0.6) is 0 Å². The molecule has 1 nitrogen and oxygen atoms in total. The highest BCUT2D eigenvalue weighted by atomic mass is 127. The molecule has 0 heterocycles. The maximum absolute atomic E-state index is 13.4. The molecule has 1 aromatic carbocycles. The quantitative estimate of drug-likeness (QED) is 0.343. The molecule has 0 fully saturated rings. The van der Waals surface area contributed by atoms with E-state index in [0.717, 1.165) is 12.1 Å². The van der Waals surface area contributed by atoms with Gasteiger partial charge in [-0.25, -0.2) is 0 Å². The Bertz CT molecular complexity index is 474. The number of alkyl halides is 6. The summed E-state index contributed by atoms with van der Waals surface area (Å²) in [6, 6.07) is 4.00. The van der Waals surface area contributed by atoms with Crippen molar-refractivity contribution in [3.05, 3.63) is 33.4 Å². The highest BCUT2D eigenvalue weighted by Crippen LogP contribution is 2.54. The summed E-state index contributed by atoms with van der Waals surface area (Å²) in [6.45, 7) is 3.85. The van der Waals surface area contributed by atoms with Crippen LogP contribution in [-0.4, -0.2) is 20.7 Å². The van der Waals surface area contributed by atoms with Crippen molar-refractivity contribution in [2.45, 2.75) is 37.6 Å². The predicted molar refractivity (Wildman–Crippen MR) is 77.4 cm³/mol. The second kappa shape index (κ2) is 5.73. The van der Waals surface area contributed by atoms with E-state index in [2.05, 4.69) is 4.43 Å². The van der Waals surface area contributed by atoms with Crippen LogP contribution in [0.15, 0.2) is 24.3 Å². The molecule has 0 saturated heterocycles. The summed E-state index contributed by atoms with van der Waals surface area (Å²) in [6.07, 6.45) is -11.2. The van der Waals surface area contributed by atoms with E-state index >= 15 is 0 Å². The minimum atomic E-state index is -5.61.